The van der Waals surface area contributed by atoms with Gasteiger partial charge in [0.1, 0.15) is 17.2 Å². The van der Waals surface area contributed by atoms with Crippen molar-refractivity contribution in [2.75, 3.05) is 31.9 Å². The van der Waals surface area contributed by atoms with Crippen molar-refractivity contribution in [3.63, 3.8) is 0 Å². The van der Waals surface area contributed by atoms with Crippen molar-refractivity contribution >= 4 is 29.0 Å². The van der Waals surface area contributed by atoms with Gasteiger partial charge in [-0.25, -0.2) is 14.5 Å². The molecule has 0 aliphatic heterocycles. The van der Waals surface area contributed by atoms with Crippen LogP contribution in [-0.4, -0.2) is 52.1 Å². The molecule has 0 spiro atoms. The number of aromatic amines is 1. The van der Waals surface area contributed by atoms with Crippen LogP contribution in [-0.2, 0) is 4.79 Å². The number of hydrogen-bond acceptors (Lipinski definition) is 8. The van der Waals surface area contributed by atoms with Gasteiger partial charge in [-0.15, -0.1) is 0 Å². The number of benzene rings is 2. The lowest BCUT2D eigenvalue weighted by Crippen LogP contribution is -2.15. The van der Waals surface area contributed by atoms with Gasteiger partial charge in [0, 0.05) is 35.5 Å². The SMILES string of the molecule is CCOc1ccc(-c2nc(SCC(=O)Nc3cc(OC)cc(OC)c3)n3[nH]c(=O)cc3n2)cc1. The number of carbonyl (C=O) groups excluding carboxylic acids is 1. The van der Waals surface area contributed by atoms with Crippen LogP contribution in [0.3, 0.4) is 0 Å². The lowest BCUT2D eigenvalue weighted by Gasteiger charge is -2.10. The van der Waals surface area contributed by atoms with Crippen LogP contribution in [0, 0.1) is 0 Å². The fraction of sp³-hybridized carbons (Fsp3) is 0.217. The molecule has 4 rings (SSSR count). The van der Waals surface area contributed by atoms with E-state index < -0.39 is 0 Å². The molecule has 0 radical (unpaired) electrons. The molecule has 176 valence electrons. The second-order valence-electron chi connectivity index (χ2n) is 7.04. The van der Waals surface area contributed by atoms with Crippen LogP contribution in [0.25, 0.3) is 17.0 Å². The molecule has 10 nitrogen and oxygen atoms in total. The van der Waals surface area contributed by atoms with E-state index in [0.29, 0.717) is 40.4 Å². The predicted molar refractivity (Wildman–Crippen MR) is 129 cm³/mol. The van der Waals surface area contributed by atoms with E-state index in [1.54, 1.807) is 18.2 Å². The van der Waals surface area contributed by atoms with Gasteiger partial charge in [-0.1, -0.05) is 11.8 Å². The second-order valence-corrected chi connectivity index (χ2v) is 7.98. The third-order valence-corrected chi connectivity index (χ3v) is 5.65. The van der Waals surface area contributed by atoms with Crippen molar-refractivity contribution in [2.24, 2.45) is 0 Å². The number of aromatic nitrogens is 4. The van der Waals surface area contributed by atoms with E-state index in [1.165, 1.54) is 36.6 Å². The Kier molecular flexibility index (Phi) is 7.02. The predicted octanol–water partition coefficient (Wildman–Crippen LogP) is 3.23. The minimum atomic E-state index is -0.312. The standard InChI is InChI=1S/C23H23N5O5S/c1-4-33-16-7-5-14(6-8-16)22-25-19-12-20(29)27-28(19)23(26-22)34-13-21(30)24-15-9-17(31-2)11-18(10-15)32-3/h5-12H,4,13H2,1-3H3,(H,24,30)(H,27,29). The number of fused-ring (bicyclic) bond motifs is 1. The molecule has 34 heavy (non-hydrogen) atoms. The molecule has 2 aromatic carbocycles. The number of carbonyl (C=O) groups is 1. The maximum absolute atomic E-state index is 12.6. The summed E-state index contributed by atoms with van der Waals surface area (Å²) in [7, 11) is 3.08. The molecular formula is C23H23N5O5S. The number of rotatable bonds is 9. The van der Waals surface area contributed by atoms with Crippen LogP contribution in [0.1, 0.15) is 6.92 Å². The van der Waals surface area contributed by atoms with Crippen LogP contribution in [0.15, 0.2) is 58.5 Å². The molecule has 0 fully saturated rings. The van der Waals surface area contributed by atoms with Gasteiger partial charge < -0.3 is 19.5 Å². The summed E-state index contributed by atoms with van der Waals surface area (Å²) in [6.07, 6.45) is 0. The van der Waals surface area contributed by atoms with Crippen molar-refractivity contribution in [1.29, 1.82) is 0 Å². The molecule has 0 aliphatic rings. The summed E-state index contributed by atoms with van der Waals surface area (Å²) < 4.78 is 17.4. The number of nitrogens with zero attached hydrogens (tertiary/aromatic N) is 3. The van der Waals surface area contributed by atoms with Gasteiger partial charge in [-0.05, 0) is 31.2 Å². The van der Waals surface area contributed by atoms with E-state index in [2.05, 4.69) is 20.4 Å². The third kappa shape index (κ3) is 5.31. The quantitative estimate of drug-likeness (QED) is 0.350. The van der Waals surface area contributed by atoms with Crippen LogP contribution in [0.5, 0.6) is 17.2 Å². The van der Waals surface area contributed by atoms with Crippen molar-refractivity contribution in [3.05, 3.63) is 58.9 Å². The summed E-state index contributed by atoms with van der Waals surface area (Å²) >= 11 is 1.17. The third-order valence-electron chi connectivity index (χ3n) is 4.72. The fourth-order valence-corrected chi connectivity index (χ4v) is 3.93. The maximum Gasteiger partial charge on any atom is 0.266 e. The van der Waals surface area contributed by atoms with Crippen molar-refractivity contribution in [1.82, 2.24) is 19.6 Å². The Morgan fingerprint density at radius 1 is 1.03 bits per heavy atom. The number of nitrogens with one attached hydrogen (secondary N) is 2. The Morgan fingerprint density at radius 3 is 2.38 bits per heavy atom. The van der Waals surface area contributed by atoms with Crippen LogP contribution < -0.4 is 25.1 Å². The maximum atomic E-state index is 12.6. The van der Waals surface area contributed by atoms with Gasteiger partial charge in [-0.2, -0.15) is 0 Å². The highest BCUT2D eigenvalue weighted by Crippen LogP contribution is 2.27. The summed E-state index contributed by atoms with van der Waals surface area (Å²) in [6.45, 7) is 2.48. The zero-order chi connectivity index (χ0) is 24.1. The molecule has 0 aliphatic carbocycles. The van der Waals surface area contributed by atoms with Crippen LogP contribution in [0.2, 0.25) is 0 Å². The van der Waals surface area contributed by atoms with Gasteiger partial charge in [0.25, 0.3) is 5.56 Å². The molecule has 4 aromatic rings. The molecule has 11 heteroatoms. The number of anilines is 1. The lowest BCUT2D eigenvalue weighted by atomic mass is 10.2. The first kappa shape index (κ1) is 23.2. The van der Waals surface area contributed by atoms with E-state index in [-0.39, 0.29) is 17.2 Å². The summed E-state index contributed by atoms with van der Waals surface area (Å²) in [4.78, 5) is 33.6. The minimum Gasteiger partial charge on any atom is -0.497 e. The topological polar surface area (TPSA) is 120 Å². The second kappa shape index (κ2) is 10.3. The van der Waals surface area contributed by atoms with Crippen molar-refractivity contribution < 1.29 is 19.0 Å². The fourth-order valence-electron chi connectivity index (χ4n) is 3.18. The number of methoxy groups -OCH3 is 2. The van der Waals surface area contributed by atoms with E-state index in [1.807, 2.05) is 31.2 Å². The molecule has 0 atom stereocenters. The molecule has 0 unspecified atom stereocenters. The van der Waals surface area contributed by atoms with Gasteiger partial charge in [-0.3, -0.25) is 14.7 Å². The van der Waals surface area contributed by atoms with E-state index >= 15 is 0 Å². The zero-order valence-corrected chi connectivity index (χ0v) is 19.6. The molecule has 0 saturated carbocycles. The van der Waals surface area contributed by atoms with Gasteiger partial charge in [0.05, 0.1) is 26.6 Å². The van der Waals surface area contributed by atoms with E-state index in [9.17, 15) is 9.59 Å². The highest BCUT2D eigenvalue weighted by molar-refractivity contribution is 7.99. The lowest BCUT2D eigenvalue weighted by molar-refractivity contribution is -0.113. The molecule has 1 amide bonds. The summed E-state index contributed by atoms with van der Waals surface area (Å²) in [6, 6.07) is 13.8. The molecular weight excluding hydrogens is 458 g/mol. The van der Waals surface area contributed by atoms with Gasteiger partial charge in [0.15, 0.2) is 16.6 Å². The first-order chi connectivity index (χ1) is 16.5. The highest BCUT2D eigenvalue weighted by atomic mass is 32.2. The normalized spacial score (nSPS) is 10.8. The summed E-state index contributed by atoms with van der Waals surface area (Å²) in [5.41, 5.74) is 1.39. The van der Waals surface area contributed by atoms with E-state index in [4.69, 9.17) is 14.2 Å². The molecule has 2 aromatic heterocycles. The Bertz CT molecular complexity index is 1340. The zero-order valence-electron chi connectivity index (χ0n) is 18.8. The Balaban J connectivity index is 1.55. The van der Waals surface area contributed by atoms with Crippen LogP contribution in [0.4, 0.5) is 5.69 Å². The van der Waals surface area contributed by atoms with Crippen LogP contribution >= 0.6 is 11.8 Å². The first-order valence-electron chi connectivity index (χ1n) is 10.4. The highest BCUT2D eigenvalue weighted by Gasteiger charge is 2.14. The first-order valence-corrected chi connectivity index (χ1v) is 11.4. The number of thioether (sulfide) groups is 1. The van der Waals surface area contributed by atoms with E-state index in [0.717, 1.165) is 11.3 Å². The smallest absolute Gasteiger partial charge is 0.266 e. The van der Waals surface area contributed by atoms with Gasteiger partial charge >= 0.3 is 0 Å². The Hall–Kier alpha value is -3.99. The molecule has 0 saturated heterocycles. The number of amides is 1. The number of hydrogen-bond donors (Lipinski definition) is 2. The summed E-state index contributed by atoms with van der Waals surface area (Å²) in [5.74, 6) is 2.08. The van der Waals surface area contributed by atoms with Gasteiger partial charge in [0.2, 0.25) is 5.91 Å². The Labute approximate surface area is 199 Å². The number of ether oxygens (including phenoxy) is 3. The Morgan fingerprint density at radius 2 is 1.74 bits per heavy atom. The summed E-state index contributed by atoms with van der Waals surface area (Å²) in [5, 5.41) is 5.91. The average molecular weight is 482 g/mol. The molecule has 2 N–H and O–H groups in total. The minimum absolute atomic E-state index is 0.0502. The monoisotopic (exact) mass is 481 g/mol. The van der Waals surface area contributed by atoms with Crippen molar-refractivity contribution in [2.45, 2.75) is 12.1 Å². The largest absolute Gasteiger partial charge is 0.497 e. The molecule has 2 heterocycles. The van der Waals surface area contributed by atoms with Crippen molar-refractivity contribution in [3.8, 4) is 28.6 Å². The number of H-pyrrole nitrogens is 1. The average Bonchev–Trinajstić information content (AvgIpc) is 3.23. The molecule has 0 bridgehead atoms.